The van der Waals surface area contributed by atoms with Gasteiger partial charge in [-0.2, -0.15) is 4.98 Å². The van der Waals surface area contributed by atoms with Gasteiger partial charge in [0.1, 0.15) is 18.0 Å². The molecule has 0 bridgehead atoms. The van der Waals surface area contributed by atoms with E-state index in [1.54, 1.807) is 6.33 Å². The van der Waals surface area contributed by atoms with Crippen molar-refractivity contribution in [2.45, 2.75) is 38.5 Å². The number of rotatable bonds is 3. The van der Waals surface area contributed by atoms with Gasteiger partial charge in [0.15, 0.2) is 0 Å². The first-order chi connectivity index (χ1) is 13.4. The SMILES string of the molecule is c1cc(N2CCCC2)nc(N2CCN(c3ncnc4c3CCCC4)CC2)n1. The Balaban J connectivity index is 1.29. The molecule has 2 aromatic heterocycles. The monoisotopic (exact) mass is 365 g/mol. The van der Waals surface area contributed by atoms with E-state index in [2.05, 4.69) is 29.7 Å². The van der Waals surface area contributed by atoms with Crippen LogP contribution in [0.5, 0.6) is 0 Å². The van der Waals surface area contributed by atoms with Crippen LogP contribution in [0.1, 0.15) is 36.9 Å². The van der Waals surface area contributed by atoms with E-state index < -0.39 is 0 Å². The van der Waals surface area contributed by atoms with Gasteiger partial charge in [-0.15, -0.1) is 0 Å². The molecule has 0 atom stereocenters. The molecule has 0 unspecified atom stereocenters. The summed E-state index contributed by atoms with van der Waals surface area (Å²) in [6, 6.07) is 2.04. The minimum Gasteiger partial charge on any atom is -0.356 e. The molecule has 0 aromatic carbocycles. The van der Waals surface area contributed by atoms with Gasteiger partial charge in [-0.05, 0) is 44.6 Å². The average molecular weight is 365 g/mol. The highest BCUT2D eigenvalue weighted by Gasteiger charge is 2.25. The van der Waals surface area contributed by atoms with E-state index in [0.717, 1.165) is 69.7 Å². The predicted octanol–water partition coefficient (Wildman–Crippen LogP) is 2.07. The number of aryl methyl sites for hydroxylation is 1. The highest BCUT2D eigenvalue weighted by Crippen LogP contribution is 2.28. The van der Waals surface area contributed by atoms with Gasteiger partial charge in [-0.1, -0.05) is 0 Å². The molecule has 2 aromatic rings. The lowest BCUT2D eigenvalue weighted by Crippen LogP contribution is -2.48. The average Bonchev–Trinajstić information content (AvgIpc) is 3.29. The molecular weight excluding hydrogens is 338 g/mol. The van der Waals surface area contributed by atoms with Crippen LogP contribution in [0.25, 0.3) is 0 Å². The summed E-state index contributed by atoms with van der Waals surface area (Å²) in [5, 5.41) is 0. The fraction of sp³-hybridized carbons (Fsp3) is 0.600. The van der Waals surface area contributed by atoms with Crippen LogP contribution in [-0.4, -0.2) is 59.2 Å². The van der Waals surface area contributed by atoms with Gasteiger partial charge in [0.25, 0.3) is 0 Å². The minimum atomic E-state index is 0.865. The van der Waals surface area contributed by atoms with Gasteiger partial charge in [-0.25, -0.2) is 15.0 Å². The first-order valence-corrected chi connectivity index (χ1v) is 10.3. The van der Waals surface area contributed by atoms with Crippen LogP contribution in [0.3, 0.4) is 0 Å². The third-order valence-corrected chi connectivity index (χ3v) is 6.02. The maximum Gasteiger partial charge on any atom is 0.227 e. The first-order valence-electron chi connectivity index (χ1n) is 10.3. The molecule has 0 N–H and O–H groups in total. The molecule has 2 aliphatic heterocycles. The largest absolute Gasteiger partial charge is 0.356 e. The number of piperazine rings is 1. The molecule has 1 aliphatic carbocycles. The van der Waals surface area contributed by atoms with Crippen molar-refractivity contribution in [3.63, 3.8) is 0 Å². The predicted molar refractivity (Wildman–Crippen MR) is 107 cm³/mol. The molecule has 5 rings (SSSR count). The fourth-order valence-electron chi connectivity index (χ4n) is 4.51. The van der Waals surface area contributed by atoms with Crippen molar-refractivity contribution in [2.24, 2.45) is 0 Å². The Kier molecular flexibility index (Phi) is 4.51. The molecule has 7 heteroatoms. The van der Waals surface area contributed by atoms with E-state index in [0.29, 0.717) is 0 Å². The lowest BCUT2D eigenvalue weighted by Gasteiger charge is -2.37. The summed E-state index contributed by atoms with van der Waals surface area (Å²) in [5.74, 6) is 3.10. The molecule has 142 valence electrons. The summed E-state index contributed by atoms with van der Waals surface area (Å²) < 4.78 is 0. The van der Waals surface area contributed by atoms with Crippen molar-refractivity contribution in [1.82, 2.24) is 19.9 Å². The van der Waals surface area contributed by atoms with Crippen molar-refractivity contribution in [1.29, 1.82) is 0 Å². The molecule has 0 spiro atoms. The Morgan fingerprint density at radius 1 is 0.704 bits per heavy atom. The number of anilines is 3. The van der Waals surface area contributed by atoms with Crippen LogP contribution in [0.15, 0.2) is 18.6 Å². The number of hydrogen-bond donors (Lipinski definition) is 0. The maximum absolute atomic E-state index is 4.84. The molecule has 3 aliphatic rings. The van der Waals surface area contributed by atoms with Gasteiger partial charge < -0.3 is 14.7 Å². The summed E-state index contributed by atoms with van der Waals surface area (Å²) in [4.78, 5) is 25.6. The zero-order valence-electron chi connectivity index (χ0n) is 15.8. The Bertz CT molecular complexity index is 795. The minimum absolute atomic E-state index is 0.865. The van der Waals surface area contributed by atoms with Crippen LogP contribution in [0, 0.1) is 0 Å². The highest BCUT2D eigenvalue weighted by molar-refractivity contribution is 5.52. The molecule has 27 heavy (non-hydrogen) atoms. The van der Waals surface area contributed by atoms with Crippen LogP contribution in [-0.2, 0) is 12.8 Å². The molecular formula is C20H27N7. The van der Waals surface area contributed by atoms with Gasteiger partial charge in [0.05, 0.1) is 0 Å². The Morgan fingerprint density at radius 3 is 2.33 bits per heavy atom. The normalized spacial score (nSPS) is 20.1. The van der Waals surface area contributed by atoms with E-state index in [1.165, 1.54) is 36.9 Å². The zero-order chi connectivity index (χ0) is 18.1. The second-order valence-corrected chi connectivity index (χ2v) is 7.71. The van der Waals surface area contributed by atoms with Crippen molar-refractivity contribution in [3.05, 3.63) is 29.8 Å². The summed E-state index contributed by atoms with van der Waals surface area (Å²) >= 11 is 0. The Labute approximate surface area is 160 Å². The summed E-state index contributed by atoms with van der Waals surface area (Å²) in [6.45, 7) is 6.01. The van der Waals surface area contributed by atoms with E-state index in [4.69, 9.17) is 4.98 Å². The standard InChI is InChI=1S/C20H27N7/c1-2-6-17-16(5-1)19(23-15-22-17)26-11-13-27(14-12-26)20-21-8-7-18(24-20)25-9-3-4-10-25/h7-8,15H,1-6,9-14H2. The van der Waals surface area contributed by atoms with Crippen molar-refractivity contribution in [2.75, 3.05) is 54.0 Å². The van der Waals surface area contributed by atoms with Crippen LogP contribution >= 0.6 is 0 Å². The lowest BCUT2D eigenvalue weighted by molar-refractivity contribution is 0.615. The van der Waals surface area contributed by atoms with E-state index >= 15 is 0 Å². The third kappa shape index (κ3) is 3.31. The number of fused-ring (bicyclic) bond motifs is 1. The molecule has 0 saturated carbocycles. The van der Waals surface area contributed by atoms with Crippen molar-refractivity contribution >= 4 is 17.6 Å². The molecule has 0 radical (unpaired) electrons. The fourth-order valence-corrected chi connectivity index (χ4v) is 4.51. The second-order valence-electron chi connectivity index (χ2n) is 7.71. The highest BCUT2D eigenvalue weighted by atomic mass is 15.3. The number of aromatic nitrogens is 4. The van der Waals surface area contributed by atoms with E-state index in [9.17, 15) is 0 Å². The van der Waals surface area contributed by atoms with Gasteiger partial charge >= 0.3 is 0 Å². The van der Waals surface area contributed by atoms with Crippen LogP contribution in [0.2, 0.25) is 0 Å². The second kappa shape index (κ2) is 7.29. The number of nitrogens with zero attached hydrogens (tertiary/aromatic N) is 7. The Morgan fingerprint density at radius 2 is 1.48 bits per heavy atom. The van der Waals surface area contributed by atoms with Gasteiger partial charge in [0, 0.05) is 56.7 Å². The van der Waals surface area contributed by atoms with Gasteiger partial charge in [-0.3, -0.25) is 0 Å². The van der Waals surface area contributed by atoms with E-state index in [-0.39, 0.29) is 0 Å². The maximum atomic E-state index is 4.84. The van der Waals surface area contributed by atoms with Gasteiger partial charge in [0.2, 0.25) is 5.95 Å². The smallest absolute Gasteiger partial charge is 0.227 e. The lowest BCUT2D eigenvalue weighted by atomic mass is 9.96. The topological polar surface area (TPSA) is 61.3 Å². The molecule has 4 heterocycles. The summed E-state index contributed by atoms with van der Waals surface area (Å²) in [7, 11) is 0. The summed E-state index contributed by atoms with van der Waals surface area (Å²) in [5.41, 5.74) is 2.64. The van der Waals surface area contributed by atoms with Crippen LogP contribution < -0.4 is 14.7 Å². The van der Waals surface area contributed by atoms with Crippen molar-refractivity contribution in [3.8, 4) is 0 Å². The first kappa shape index (κ1) is 16.7. The van der Waals surface area contributed by atoms with Crippen LogP contribution in [0.4, 0.5) is 17.6 Å². The zero-order valence-corrected chi connectivity index (χ0v) is 15.8. The molecule has 7 nitrogen and oxygen atoms in total. The number of hydrogen-bond acceptors (Lipinski definition) is 7. The molecule has 2 saturated heterocycles. The quantitative estimate of drug-likeness (QED) is 0.825. The molecule has 2 fully saturated rings. The molecule has 0 amide bonds. The summed E-state index contributed by atoms with van der Waals surface area (Å²) in [6.07, 6.45) is 10.9. The van der Waals surface area contributed by atoms with Crippen molar-refractivity contribution < 1.29 is 0 Å². The third-order valence-electron chi connectivity index (χ3n) is 6.02. The van der Waals surface area contributed by atoms with E-state index in [1.807, 2.05) is 12.3 Å². The Hall–Kier alpha value is -2.44.